The second-order valence-electron chi connectivity index (χ2n) is 7.63. The van der Waals surface area contributed by atoms with Gasteiger partial charge in [0.05, 0.1) is 23.3 Å². The normalized spacial score (nSPS) is 19.8. The summed E-state index contributed by atoms with van der Waals surface area (Å²) in [5.41, 5.74) is 5.07. The van der Waals surface area contributed by atoms with Crippen LogP contribution in [0.5, 0.6) is 0 Å². The fraction of sp³-hybridized carbons (Fsp3) is 0.429. The number of nitrogens with one attached hydrogen (secondary N) is 1. The Balaban J connectivity index is 1.36. The Kier molecular flexibility index (Phi) is 4.63. The molecule has 0 spiro atoms. The highest BCUT2D eigenvalue weighted by molar-refractivity contribution is 5.87. The van der Waals surface area contributed by atoms with Crippen molar-refractivity contribution in [2.75, 3.05) is 11.9 Å². The summed E-state index contributed by atoms with van der Waals surface area (Å²) in [7, 11) is 1.90. The minimum atomic E-state index is 0.402. The maximum absolute atomic E-state index is 5.74. The van der Waals surface area contributed by atoms with Gasteiger partial charge < -0.3 is 10.1 Å². The van der Waals surface area contributed by atoms with Crippen molar-refractivity contribution < 1.29 is 4.74 Å². The van der Waals surface area contributed by atoms with Crippen LogP contribution in [0.1, 0.15) is 32.6 Å². The molecule has 0 aliphatic heterocycles. The van der Waals surface area contributed by atoms with Crippen molar-refractivity contribution in [1.29, 1.82) is 0 Å². The first-order chi connectivity index (χ1) is 14.2. The number of fused-ring (bicyclic) bond motifs is 2. The van der Waals surface area contributed by atoms with E-state index in [4.69, 9.17) is 4.74 Å². The standard InChI is InChI=1S/C21H25N7O/c1-3-29-16-7-5-15(6-8-16)23-21-22-13-20-17(10-11-28(20)25-21)14-4-9-18-19(12-14)27(2)26-24-18/h4,9-13,15-16H,3,5-8H2,1-2H3,(H,23,25). The molecule has 0 atom stereocenters. The smallest absolute Gasteiger partial charge is 0.241 e. The summed E-state index contributed by atoms with van der Waals surface area (Å²) >= 11 is 0. The molecule has 1 fully saturated rings. The zero-order chi connectivity index (χ0) is 19.8. The van der Waals surface area contributed by atoms with Crippen molar-refractivity contribution >= 4 is 22.5 Å². The van der Waals surface area contributed by atoms with Gasteiger partial charge in [0.2, 0.25) is 5.95 Å². The molecule has 0 saturated heterocycles. The van der Waals surface area contributed by atoms with Gasteiger partial charge in [-0.25, -0.2) is 14.2 Å². The summed E-state index contributed by atoms with van der Waals surface area (Å²) in [6, 6.07) is 8.64. The lowest BCUT2D eigenvalue weighted by molar-refractivity contribution is 0.0346. The number of anilines is 1. The summed E-state index contributed by atoms with van der Waals surface area (Å²) in [4.78, 5) is 4.58. The Morgan fingerprint density at radius 3 is 2.83 bits per heavy atom. The summed E-state index contributed by atoms with van der Waals surface area (Å²) in [5.74, 6) is 0.672. The van der Waals surface area contributed by atoms with E-state index in [1.165, 1.54) is 0 Å². The molecule has 29 heavy (non-hydrogen) atoms. The van der Waals surface area contributed by atoms with E-state index in [0.717, 1.165) is 60.0 Å². The summed E-state index contributed by atoms with van der Waals surface area (Å²) in [6.45, 7) is 2.85. The van der Waals surface area contributed by atoms with Crippen molar-refractivity contribution in [3.8, 4) is 11.1 Å². The number of ether oxygens (including phenoxy) is 1. The van der Waals surface area contributed by atoms with E-state index in [0.29, 0.717) is 18.1 Å². The molecule has 150 valence electrons. The van der Waals surface area contributed by atoms with E-state index in [9.17, 15) is 0 Å². The number of nitrogens with zero attached hydrogens (tertiary/aromatic N) is 6. The highest BCUT2D eigenvalue weighted by Crippen LogP contribution is 2.28. The molecule has 8 nitrogen and oxygen atoms in total. The largest absolute Gasteiger partial charge is 0.379 e. The molecule has 1 aliphatic rings. The third kappa shape index (κ3) is 3.44. The van der Waals surface area contributed by atoms with Crippen molar-refractivity contribution in [2.45, 2.75) is 44.8 Å². The Labute approximate surface area is 168 Å². The molecule has 4 aromatic rings. The Morgan fingerprint density at radius 2 is 2.00 bits per heavy atom. The first kappa shape index (κ1) is 18.1. The van der Waals surface area contributed by atoms with Crippen LogP contribution in [0, 0.1) is 0 Å². The van der Waals surface area contributed by atoms with Gasteiger partial charge in [0.15, 0.2) is 0 Å². The third-order valence-electron chi connectivity index (χ3n) is 5.75. The van der Waals surface area contributed by atoms with Gasteiger partial charge in [0, 0.05) is 31.5 Å². The average molecular weight is 391 g/mol. The van der Waals surface area contributed by atoms with Gasteiger partial charge in [-0.05, 0) is 56.4 Å². The Bertz CT molecular complexity index is 1140. The van der Waals surface area contributed by atoms with Gasteiger partial charge in [0.1, 0.15) is 5.52 Å². The maximum Gasteiger partial charge on any atom is 0.241 e. The molecule has 1 aromatic carbocycles. The van der Waals surface area contributed by atoms with Crippen LogP contribution in [0.3, 0.4) is 0 Å². The van der Waals surface area contributed by atoms with Crippen molar-refractivity contribution in [3.05, 3.63) is 36.7 Å². The van der Waals surface area contributed by atoms with Crippen LogP contribution in [-0.2, 0) is 11.8 Å². The quantitative estimate of drug-likeness (QED) is 0.561. The molecule has 3 heterocycles. The molecule has 0 radical (unpaired) electrons. The lowest BCUT2D eigenvalue weighted by atomic mass is 9.93. The first-order valence-electron chi connectivity index (χ1n) is 10.2. The van der Waals surface area contributed by atoms with Crippen LogP contribution in [0.15, 0.2) is 36.7 Å². The molecule has 0 amide bonds. The molecule has 5 rings (SSSR count). The predicted octanol–water partition coefficient (Wildman–Crippen LogP) is 3.44. The topological polar surface area (TPSA) is 82.2 Å². The fourth-order valence-electron chi connectivity index (χ4n) is 4.20. The number of hydrogen-bond acceptors (Lipinski definition) is 6. The lowest BCUT2D eigenvalue weighted by Crippen LogP contribution is -2.30. The fourth-order valence-corrected chi connectivity index (χ4v) is 4.20. The van der Waals surface area contributed by atoms with Crippen LogP contribution in [0.2, 0.25) is 0 Å². The van der Waals surface area contributed by atoms with E-state index in [1.54, 1.807) is 4.68 Å². The van der Waals surface area contributed by atoms with E-state index < -0.39 is 0 Å². The van der Waals surface area contributed by atoms with Crippen LogP contribution in [0.4, 0.5) is 5.95 Å². The Morgan fingerprint density at radius 1 is 1.14 bits per heavy atom. The van der Waals surface area contributed by atoms with E-state index >= 15 is 0 Å². The SMILES string of the molecule is CCOC1CCC(Nc2ncc3c(-c4ccc5nnn(C)c5c4)ccn3n2)CC1. The zero-order valence-electron chi connectivity index (χ0n) is 16.7. The summed E-state index contributed by atoms with van der Waals surface area (Å²) in [6.07, 6.45) is 8.63. The minimum absolute atomic E-state index is 0.402. The molecular formula is C21H25N7O. The predicted molar refractivity (Wildman–Crippen MR) is 112 cm³/mol. The van der Waals surface area contributed by atoms with Gasteiger partial charge in [0.25, 0.3) is 0 Å². The van der Waals surface area contributed by atoms with Crippen LogP contribution in [-0.4, -0.2) is 48.3 Å². The number of aryl methyl sites for hydroxylation is 1. The van der Waals surface area contributed by atoms with Crippen molar-refractivity contribution in [2.24, 2.45) is 7.05 Å². The van der Waals surface area contributed by atoms with Crippen LogP contribution >= 0.6 is 0 Å². The van der Waals surface area contributed by atoms with Gasteiger partial charge in [-0.2, -0.15) is 0 Å². The molecule has 1 saturated carbocycles. The second-order valence-corrected chi connectivity index (χ2v) is 7.63. The van der Waals surface area contributed by atoms with Gasteiger partial charge in [-0.3, -0.25) is 0 Å². The average Bonchev–Trinajstić information content (AvgIpc) is 3.33. The highest BCUT2D eigenvalue weighted by atomic mass is 16.5. The van der Waals surface area contributed by atoms with Gasteiger partial charge in [-0.1, -0.05) is 11.3 Å². The maximum atomic E-state index is 5.74. The minimum Gasteiger partial charge on any atom is -0.379 e. The van der Waals surface area contributed by atoms with Gasteiger partial charge >= 0.3 is 0 Å². The lowest BCUT2D eigenvalue weighted by Gasteiger charge is -2.28. The molecule has 0 bridgehead atoms. The van der Waals surface area contributed by atoms with E-state index in [-0.39, 0.29) is 0 Å². The number of rotatable bonds is 5. The third-order valence-corrected chi connectivity index (χ3v) is 5.75. The first-order valence-corrected chi connectivity index (χ1v) is 10.2. The van der Waals surface area contributed by atoms with Crippen LogP contribution < -0.4 is 5.32 Å². The summed E-state index contributed by atoms with van der Waals surface area (Å²) in [5, 5.41) is 16.4. The van der Waals surface area contributed by atoms with E-state index in [1.807, 2.05) is 30.0 Å². The number of hydrogen-bond donors (Lipinski definition) is 1. The number of aromatic nitrogens is 6. The monoisotopic (exact) mass is 391 g/mol. The molecule has 0 unspecified atom stereocenters. The van der Waals surface area contributed by atoms with Gasteiger partial charge in [-0.15, -0.1) is 10.2 Å². The number of benzene rings is 1. The molecule has 3 aromatic heterocycles. The van der Waals surface area contributed by atoms with Crippen molar-refractivity contribution in [3.63, 3.8) is 0 Å². The molecule has 1 aliphatic carbocycles. The molecular weight excluding hydrogens is 366 g/mol. The van der Waals surface area contributed by atoms with E-state index in [2.05, 4.69) is 50.8 Å². The highest BCUT2D eigenvalue weighted by Gasteiger charge is 2.22. The molecule has 1 N–H and O–H groups in total. The van der Waals surface area contributed by atoms with Crippen molar-refractivity contribution in [1.82, 2.24) is 29.6 Å². The second kappa shape index (κ2) is 7.44. The summed E-state index contributed by atoms with van der Waals surface area (Å²) < 4.78 is 9.42. The Hall–Kier alpha value is -3.00. The molecule has 8 heteroatoms. The zero-order valence-corrected chi connectivity index (χ0v) is 16.7. The van der Waals surface area contributed by atoms with Crippen LogP contribution in [0.25, 0.3) is 27.7 Å².